The summed E-state index contributed by atoms with van der Waals surface area (Å²) in [6.45, 7) is 0.313. The first-order valence-corrected chi connectivity index (χ1v) is 8.01. The molecular weight excluding hydrogens is 328 g/mol. The molecule has 0 aliphatic rings. The first kappa shape index (κ1) is 16.1. The van der Waals surface area contributed by atoms with Gasteiger partial charge in [0.15, 0.2) is 5.01 Å². The van der Waals surface area contributed by atoms with Crippen LogP contribution < -0.4 is 14.8 Å². The van der Waals surface area contributed by atoms with Crippen molar-refractivity contribution in [1.29, 1.82) is 0 Å². The van der Waals surface area contributed by atoms with E-state index in [0.29, 0.717) is 28.6 Å². The van der Waals surface area contributed by atoms with E-state index in [2.05, 4.69) is 10.3 Å². The lowest BCUT2D eigenvalue weighted by molar-refractivity contribution is 0.0950. The Kier molecular flexibility index (Phi) is 4.52. The second kappa shape index (κ2) is 6.76. The predicted octanol–water partition coefficient (Wildman–Crippen LogP) is 2.95. The first-order valence-electron chi connectivity index (χ1n) is 7.19. The first-order chi connectivity index (χ1) is 11.6. The molecule has 1 heterocycles. The highest BCUT2D eigenvalue weighted by Crippen LogP contribution is 2.27. The number of carbonyl (C=O) groups excluding carboxylic acids is 1. The second-order valence-corrected chi connectivity index (χ2v) is 6.06. The van der Waals surface area contributed by atoms with Crippen LogP contribution in [0.15, 0.2) is 36.4 Å². The lowest BCUT2D eigenvalue weighted by atomic mass is 10.2. The maximum atomic E-state index is 12.3. The summed E-state index contributed by atoms with van der Waals surface area (Å²) in [5.41, 5.74) is 1.52. The van der Waals surface area contributed by atoms with Gasteiger partial charge < -0.3 is 19.9 Å². The van der Waals surface area contributed by atoms with Crippen LogP contribution in [0.25, 0.3) is 10.2 Å². The van der Waals surface area contributed by atoms with Crippen molar-refractivity contribution in [2.45, 2.75) is 6.54 Å². The third-order valence-corrected chi connectivity index (χ3v) is 4.52. The number of phenolic OH excluding ortho intramolecular Hbond substituents is 1. The van der Waals surface area contributed by atoms with Crippen molar-refractivity contribution in [3.05, 3.63) is 47.0 Å². The number of carbonyl (C=O) groups is 1. The molecular formula is C17H16N2O4S. The van der Waals surface area contributed by atoms with E-state index in [1.54, 1.807) is 38.5 Å². The Morgan fingerprint density at radius 2 is 2.04 bits per heavy atom. The number of rotatable bonds is 5. The van der Waals surface area contributed by atoms with E-state index in [0.717, 1.165) is 10.3 Å². The molecule has 6 nitrogen and oxygen atoms in total. The van der Waals surface area contributed by atoms with E-state index in [-0.39, 0.29) is 11.7 Å². The number of fused-ring (bicyclic) bond motifs is 1. The topological polar surface area (TPSA) is 80.7 Å². The Morgan fingerprint density at radius 1 is 1.21 bits per heavy atom. The van der Waals surface area contributed by atoms with Gasteiger partial charge in [-0.05, 0) is 30.3 Å². The van der Waals surface area contributed by atoms with Gasteiger partial charge in [0.1, 0.15) is 17.2 Å². The van der Waals surface area contributed by atoms with Crippen LogP contribution in [0.1, 0.15) is 15.4 Å². The van der Waals surface area contributed by atoms with Crippen LogP contribution in [-0.2, 0) is 6.54 Å². The Bertz CT molecular complexity index is 891. The van der Waals surface area contributed by atoms with Crippen LogP contribution in [0, 0.1) is 0 Å². The van der Waals surface area contributed by atoms with Gasteiger partial charge in [-0.3, -0.25) is 4.79 Å². The minimum Gasteiger partial charge on any atom is -0.508 e. The third-order valence-electron chi connectivity index (χ3n) is 3.50. The maximum Gasteiger partial charge on any atom is 0.280 e. The molecule has 0 bridgehead atoms. The summed E-state index contributed by atoms with van der Waals surface area (Å²) in [7, 11) is 3.15. The zero-order valence-corrected chi connectivity index (χ0v) is 14.0. The lowest BCUT2D eigenvalue weighted by Crippen LogP contribution is -2.22. The van der Waals surface area contributed by atoms with Gasteiger partial charge in [0.2, 0.25) is 0 Å². The Balaban J connectivity index is 1.75. The smallest absolute Gasteiger partial charge is 0.280 e. The molecule has 0 spiro atoms. The molecule has 0 aliphatic carbocycles. The van der Waals surface area contributed by atoms with Crippen molar-refractivity contribution >= 4 is 27.5 Å². The van der Waals surface area contributed by atoms with Gasteiger partial charge in [-0.2, -0.15) is 0 Å². The number of ether oxygens (including phenoxy) is 2. The fourth-order valence-electron chi connectivity index (χ4n) is 2.26. The number of hydrogen-bond donors (Lipinski definition) is 2. The summed E-state index contributed by atoms with van der Waals surface area (Å²) in [5.74, 6) is 1.21. The second-order valence-electron chi connectivity index (χ2n) is 5.03. The third kappa shape index (κ3) is 3.26. The van der Waals surface area contributed by atoms with Crippen molar-refractivity contribution in [2.24, 2.45) is 0 Å². The van der Waals surface area contributed by atoms with Gasteiger partial charge in [-0.25, -0.2) is 4.98 Å². The minimum absolute atomic E-state index is 0.154. The van der Waals surface area contributed by atoms with Crippen molar-refractivity contribution in [1.82, 2.24) is 10.3 Å². The average molecular weight is 344 g/mol. The number of phenols is 1. The van der Waals surface area contributed by atoms with E-state index in [9.17, 15) is 9.90 Å². The highest BCUT2D eigenvalue weighted by atomic mass is 32.1. The molecule has 0 fully saturated rings. The zero-order chi connectivity index (χ0) is 17.1. The highest BCUT2D eigenvalue weighted by Gasteiger charge is 2.13. The summed E-state index contributed by atoms with van der Waals surface area (Å²) in [4.78, 5) is 16.6. The van der Waals surface area contributed by atoms with Crippen LogP contribution in [0.5, 0.6) is 17.2 Å². The monoisotopic (exact) mass is 344 g/mol. The fraction of sp³-hybridized carbons (Fsp3) is 0.176. The van der Waals surface area contributed by atoms with Gasteiger partial charge >= 0.3 is 0 Å². The van der Waals surface area contributed by atoms with Crippen LogP contribution >= 0.6 is 11.3 Å². The molecule has 0 saturated heterocycles. The average Bonchev–Trinajstić information content (AvgIpc) is 3.02. The van der Waals surface area contributed by atoms with E-state index in [4.69, 9.17) is 9.47 Å². The maximum absolute atomic E-state index is 12.3. The zero-order valence-electron chi connectivity index (χ0n) is 13.2. The van der Waals surface area contributed by atoms with Gasteiger partial charge in [-0.1, -0.05) is 0 Å². The predicted molar refractivity (Wildman–Crippen MR) is 92.0 cm³/mol. The molecule has 1 amide bonds. The summed E-state index contributed by atoms with van der Waals surface area (Å²) < 4.78 is 11.2. The summed E-state index contributed by atoms with van der Waals surface area (Å²) in [5, 5.41) is 12.7. The molecule has 3 rings (SSSR count). The Morgan fingerprint density at radius 3 is 2.79 bits per heavy atom. The molecule has 24 heavy (non-hydrogen) atoms. The Hall–Kier alpha value is -2.80. The molecule has 0 radical (unpaired) electrons. The van der Waals surface area contributed by atoms with Crippen molar-refractivity contribution in [3.63, 3.8) is 0 Å². The number of hydrogen-bond acceptors (Lipinski definition) is 6. The Labute approximate surface area is 142 Å². The molecule has 7 heteroatoms. The SMILES string of the molecule is COc1ccc(CNC(=O)c2nc3ccc(O)cc3s2)c(OC)c1. The van der Waals surface area contributed by atoms with E-state index in [1.165, 1.54) is 11.3 Å². The van der Waals surface area contributed by atoms with Crippen LogP contribution in [0.3, 0.4) is 0 Å². The summed E-state index contributed by atoms with van der Waals surface area (Å²) in [6.07, 6.45) is 0. The molecule has 0 saturated carbocycles. The van der Waals surface area contributed by atoms with Gasteiger partial charge in [0.05, 0.1) is 24.4 Å². The number of aromatic nitrogens is 1. The van der Waals surface area contributed by atoms with Crippen molar-refractivity contribution in [2.75, 3.05) is 14.2 Å². The number of nitrogens with one attached hydrogen (secondary N) is 1. The van der Waals surface area contributed by atoms with Crippen LogP contribution in [0.4, 0.5) is 0 Å². The fourth-order valence-corrected chi connectivity index (χ4v) is 3.17. The molecule has 1 aromatic heterocycles. The van der Waals surface area contributed by atoms with Gasteiger partial charge in [0.25, 0.3) is 5.91 Å². The number of aromatic hydroxyl groups is 1. The minimum atomic E-state index is -0.270. The van der Waals surface area contributed by atoms with Gasteiger partial charge in [-0.15, -0.1) is 11.3 Å². The standard InChI is InChI=1S/C17H16N2O4S/c1-22-12-5-3-10(14(8-12)23-2)9-18-16(21)17-19-13-6-4-11(20)7-15(13)24-17/h3-8,20H,9H2,1-2H3,(H,18,21). The number of benzene rings is 2. The molecule has 0 atom stereocenters. The number of thiazole rings is 1. The number of nitrogens with zero attached hydrogens (tertiary/aromatic N) is 1. The van der Waals surface area contributed by atoms with Crippen molar-refractivity contribution in [3.8, 4) is 17.2 Å². The number of amides is 1. The molecule has 0 aliphatic heterocycles. The van der Waals surface area contributed by atoms with E-state index < -0.39 is 0 Å². The van der Waals surface area contributed by atoms with Crippen LogP contribution in [-0.4, -0.2) is 30.2 Å². The molecule has 2 N–H and O–H groups in total. The van der Waals surface area contributed by atoms with E-state index >= 15 is 0 Å². The molecule has 124 valence electrons. The molecule has 0 unspecified atom stereocenters. The van der Waals surface area contributed by atoms with Crippen molar-refractivity contribution < 1.29 is 19.4 Å². The largest absolute Gasteiger partial charge is 0.508 e. The van der Waals surface area contributed by atoms with E-state index in [1.807, 2.05) is 12.1 Å². The van der Waals surface area contributed by atoms with Crippen LogP contribution in [0.2, 0.25) is 0 Å². The lowest BCUT2D eigenvalue weighted by Gasteiger charge is -2.10. The number of methoxy groups -OCH3 is 2. The molecule has 3 aromatic rings. The van der Waals surface area contributed by atoms with Gasteiger partial charge in [0, 0.05) is 18.2 Å². The quantitative estimate of drug-likeness (QED) is 0.744. The normalized spacial score (nSPS) is 10.6. The summed E-state index contributed by atoms with van der Waals surface area (Å²) >= 11 is 1.24. The molecule has 2 aromatic carbocycles. The summed E-state index contributed by atoms with van der Waals surface area (Å²) in [6, 6.07) is 10.2. The highest BCUT2D eigenvalue weighted by molar-refractivity contribution is 7.20.